The second-order valence-corrected chi connectivity index (χ2v) is 11.3. The third-order valence-electron chi connectivity index (χ3n) is 5.73. The molecule has 1 atom stereocenters. The molecule has 0 radical (unpaired) electrons. The van der Waals surface area contributed by atoms with Crippen LogP contribution in [0.15, 0.2) is 77.7 Å². The maximum atomic E-state index is 13.8. The largest absolute Gasteiger partial charge is 0.354 e. The molecule has 3 aromatic carbocycles. The first-order valence-electron chi connectivity index (χ1n) is 11.9. The monoisotopic (exact) mass is 579 g/mol. The molecule has 0 bridgehead atoms. The molecule has 2 amide bonds. The number of nitrogens with zero attached hydrogens (tertiary/aromatic N) is 2. The summed E-state index contributed by atoms with van der Waals surface area (Å²) < 4.78 is 41.8. The minimum Gasteiger partial charge on any atom is -0.354 e. The van der Waals surface area contributed by atoms with E-state index in [1.807, 2.05) is 6.92 Å². The van der Waals surface area contributed by atoms with Gasteiger partial charge >= 0.3 is 0 Å². The van der Waals surface area contributed by atoms with E-state index in [-0.39, 0.29) is 27.2 Å². The fourth-order valence-electron chi connectivity index (χ4n) is 3.70. The quantitative estimate of drug-likeness (QED) is 0.335. The van der Waals surface area contributed by atoms with Crippen LogP contribution in [0.5, 0.6) is 0 Å². The summed E-state index contributed by atoms with van der Waals surface area (Å²) in [4.78, 5) is 27.8. The van der Waals surface area contributed by atoms with Gasteiger partial charge in [-0.15, -0.1) is 0 Å². The topological polar surface area (TPSA) is 86.8 Å². The number of carbonyl (C=O) groups excluding carboxylic acids is 2. The van der Waals surface area contributed by atoms with Crippen molar-refractivity contribution in [2.24, 2.45) is 0 Å². The average Bonchev–Trinajstić information content (AvgIpc) is 2.89. The predicted molar refractivity (Wildman–Crippen MR) is 147 cm³/mol. The SMILES string of the molecule is CCCNC(=O)C(C)N(Cc1ccc(F)cc1)C(=O)CN(c1cc(Cl)cc(Cl)c1)S(=O)(=O)c1ccccc1. The van der Waals surface area contributed by atoms with Gasteiger partial charge in [-0.1, -0.05) is 60.5 Å². The molecule has 0 aliphatic rings. The van der Waals surface area contributed by atoms with Crippen LogP contribution in [0.4, 0.5) is 10.1 Å². The van der Waals surface area contributed by atoms with Gasteiger partial charge in [0.1, 0.15) is 18.4 Å². The highest BCUT2D eigenvalue weighted by Crippen LogP contribution is 2.30. The second-order valence-electron chi connectivity index (χ2n) is 8.57. The Morgan fingerprint density at radius 1 is 0.974 bits per heavy atom. The summed E-state index contributed by atoms with van der Waals surface area (Å²) >= 11 is 12.3. The number of nitrogens with one attached hydrogen (secondary N) is 1. The number of sulfonamides is 1. The molecule has 7 nitrogen and oxygen atoms in total. The lowest BCUT2D eigenvalue weighted by atomic mass is 10.1. The van der Waals surface area contributed by atoms with Gasteiger partial charge in [0.15, 0.2) is 0 Å². The van der Waals surface area contributed by atoms with Crippen LogP contribution in [-0.2, 0) is 26.2 Å². The molecule has 0 aromatic heterocycles. The number of anilines is 1. The molecule has 3 rings (SSSR count). The van der Waals surface area contributed by atoms with Crippen molar-refractivity contribution < 1.29 is 22.4 Å². The number of amides is 2. The lowest BCUT2D eigenvalue weighted by Gasteiger charge is -2.32. The van der Waals surface area contributed by atoms with E-state index in [2.05, 4.69) is 5.32 Å². The zero-order valence-corrected chi connectivity index (χ0v) is 23.2. The Morgan fingerprint density at radius 2 is 1.58 bits per heavy atom. The molecule has 0 spiro atoms. The van der Waals surface area contributed by atoms with E-state index in [1.54, 1.807) is 25.1 Å². The van der Waals surface area contributed by atoms with Crippen molar-refractivity contribution in [1.29, 1.82) is 0 Å². The van der Waals surface area contributed by atoms with Crippen molar-refractivity contribution >= 4 is 50.7 Å². The van der Waals surface area contributed by atoms with Gasteiger partial charge in [-0.25, -0.2) is 12.8 Å². The van der Waals surface area contributed by atoms with E-state index < -0.39 is 40.2 Å². The van der Waals surface area contributed by atoms with Gasteiger partial charge in [0, 0.05) is 23.1 Å². The first kappa shape index (κ1) is 29.4. The van der Waals surface area contributed by atoms with Crippen LogP contribution in [0.1, 0.15) is 25.8 Å². The minimum atomic E-state index is -4.24. The Bertz CT molecular complexity index is 1350. The first-order valence-corrected chi connectivity index (χ1v) is 14.1. The average molecular weight is 581 g/mol. The van der Waals surface area contributed by atoms with Crippen molar-refractivity contribution in [3.05, 3.63) is 94.2 Å². The first-order chi connectivity index (χ1) is 18.0. The Kier molecular flexibility index (Phi) is 10.1. The Balaban J connectivity index is 2.03. The van der Waals surface area contributed by atoms with E-state index >= 15 is 0 Å². The number of halogens is 3. The molecule has 0 saturated heterocycles. The highest BCUT2D eigenvalue weighted by molar-refractivity contribution is 7.92. The summed E-state index contributed by atoms with van der Waals surface area (Å²) in [5.74, 6) is -1.49. The fraction of sp³-hybridized carbons (Fsp3) is 0.259. The molecule has 3 aromatic rings. The summed E-state index contributed by atoms with van der Waals surface area (Å²) in [6.45, 7) is 3.18. The molecule has 1 unspecified atom stereocenters. The van der Waals surface area contributed by atoms with Gasteiger partial charge in [-0.3, -0.25) is 13.9 Å². The molecule has 38 heavy (non-hydrogen) atoms. The van der Waals surface area contributed by atoms with Crippen molar-refractivity contribution in [1.82, 2.24) is 10.2 Å². The molecule has 0 aliphatic carbocycles. The zero-order chi connectivity index (χ0) is 27.9. The van der Waals surface area contributed by atoms with E-state index in [0.29, 0.717) is 18.5 Å². The van der Waals surface area contributed by atoms with Crippen LogP contribution >= 0.6 is 23.2 Å². The molecule has 1 N–H and O–H groups in total. The normalized spacial score (nSPS) is 12.0. The van der Waals surface area contributed by atoms with Gasteiger partial charge in [-0.2, -0.15) is 0 Å². The molecule has 0 saturated carbocycles. The lowest BCUT2D eigenvalue weighted by Crippen LogP contribution is -2.51. The summed E-state index contributed by atoms with van der Waals surface area (Å²) in [5, 5.41) is 3.13. The standard InChI is InChI=1S/C27H28Cl2FN3O4S/c1-3-13-31-27(35)19(2)32(17-20-9-11-23(30)12-10-20)26(34)18-33(24-15-21(28)14-22(29)16-24)38(36,37)25-7-5-4-6-8-25/h4-12,14-16,19H,3,13,17-18H2,1-2H3,(H,31,35). The van der Waals surface area contributed by atoms with Crippen LogP contribution in [0.2, 0.25) is 10.0 Å². The highest BCUT2D eigenvalue weighted by atomic mass is 35.5. The maximum absolute atomic E-state index is 13.8. The van der Waals surface area contributed by atoms with Gasteiger partial charge in [0.05, 0.1) is 10.6 Å². The number of carbonyl (C=O) groups is 2. The Morgan fingerprint density at radius 3 is 2.16 bits per heavy atom. The van der Waals surface area contributed by atoms with Crippen LogP contribution in [0, 0.1) is 5.82 Å². The molecule has 202 valence electrons. The molecule has 0 fully saturated rings. The van der Waals surface area contributed by atoms with E-state index in [4.69, 9.17) is 23.2 Å². The fourth-order valence-corrected chi connectivity index (χ4v) is 5.63. The smallest absolute Gasteiger partial charge is 0.264 e. The number of hydrogen-bond donors (Lipinski definition) is 1. The Hall–Kier alpha value is -3.14. The van der Waals surface area contributed by atoms with Gasteiger partial charge < -0.3 is 10.2 Å². The molecule has 0 aliphatic heterocycles. The van der Waals surface area contributed by atoms with Gasteiger partial charge in [0.2, 0.25) is 11.8 Å². The zero-order valence-electron chi connectivity index (χ0n) is 20.9. The van der Waals surface area contributed by atoms with E-state index in [1.165, 1.54) is 59.5 Å². The van der Waals surface area contributed by atoms with Crippen molar-refractivity contribution in [2.75, 3.05) is 17.4 Å². The molecule has 11 heteroatoms. The van der Waals surface area contributed by atoms with Crippen LogP contribution in [0.3, 0.4) is 0 Å². The molecular formula is C27H28Cl2FN3O4S. The third-order valence-corrected chi connectivity index (χ3v) is 7.95. The summed E-state index contributed by atoms with van der Waals surface area (Å²) in [6.07, 6.45) is 0.697. The lowest BCUT2D eigenvalue weighted by molar-refractivity contribution is -0.139. The second kappa shape index (κ2) is 13.1. The highest BCUT2D eigenvalue weighted by Gasteiger charge is 2.32. The minimum absolute atomic E-state index is 0.0391. The van der Waals surface area contributed by atoms with Crippen molar-refractivity contribution in [2.45, 2.75) is 37.8 Å². The van der Waals surface area contributed by atoms with Crippen molar-refractivity contribution in [3.8, 4) is 0 Å². The van der Waals surface area contributed by atoms with E-state index in [0.717, 1.165) is 4.31 Å². The number of hydrogen-bond acceptors (Lipinski definition) is 4. The maximum Gasteiger partial charge on any atom is 0.264 e. The Labute approximate surface area is 232 Å². The molecular weight excluding hydrogens is 552 g/mol. The predicted octanol–water partition coefficient (Wildman–Crippen LogP) is 5.27. The molecule has 0 heterocycles. The number of rotatable bonds is 11. The summed E-state index contributed by atoms with van der Waals surface area (Å²) in [6, 6.07) is 16.4. The van der Waals surface area contributed by atoms with Gasteiger partial charge in [0.25, 0.3) is 10.0 Å². The summed E-state index contributed by atoms with van der Waals surface area (Å²) in [5.41, 5.74) is 0.655. The third kappa shape index (κ3) is 7.46. The summed E-state index contributed by atoms with van der Waals surface area (Å²) in [7, 11) is -4.24. The van der Waals surface area contributed by atoms with Crippen molar-refractivity contribution in [3.63, 3.8) is 0 Å². The van der Waals surface area contributed by atoms with Crippen LogP contribution < -0.4 is 9.62 Å². The number of benzene rings is 3. The van der Waals surface area contributed by atoms with Gasteiger partial charge in [-0.05, 0) is 61.4 Å². The van der Waals surface area contributed by atoms with Crippen LogP contribution in [0.25, 0.3) is 0 Å². The van der Waals surface area contributed by atoms with E-state index in [9.17, 15) is 22.4 Å². The van der Waals surface area contributed by atoms with Crippen LogP contribution in [-0.4, -0.2) is 44.3 Å².